The van der Waals surface area contributed by atoms with Gasteiger partial charge in [-0.3, -0.25) is 10.1 Å². The maximum atomic E-state index is 14.4. The third kappa shape index (κ3) is 4.51. The van der Waals surface area contributed by atoms with E-state index in [1.165, 1.54) is 32.7 Å². The molecule has 0 atom stereocenters. The van der Waals surface area contributed by atoms with Crippen LogP contribution in [0.25, 0.3) is 0 Å². The molecule has 1 aromatic heterocycles. The number of hydrogen-bond donors (Lipinski definition) is 1. The van der Waals surface area contributed by atoms with Gasteiger partial charge in [-0.15, -0.1) is 0 Å². The number of halogens is 2. The van der Waals surface area contributed by atoms with Crippen LogP contribution in [-0.4, -0.2) is 29.1 Å². The van der Waals surface area contributed by atoms with E-state index in [0.29, 0.717) is 5.56 Å². The zero-order chi connectivity index (χ0) is 22.5. The van der Waals surface area contributed by atoms with Gasteiger partial charge >= 0.3 is 0 Å². The minimum Gasteiger partial charge on any atom is -0.493 e. The summed E-state index contributed by atoms with van der Waals surface area (Å²) in [6, 6.07) is 5.73. The van der Waals surface area contributed by atoms with E-state index < -0.39 is 22.1 Å². The van der Waals surface area contributed by atoms with E-state index in [4.69, 9.17) is 9.47 Å². The number of nitrogens with zero attached hydrogens (tertiary/aromatic N) is 3. The number of ether oxygens (including phenoxy) is 2. The SMILES string of the molecule is COc1cc(OC)c(F)c(C#Cc2cnc(Nc3c(C)cccc3[N+](=O)[O-])nc2)c1F. The summed E-state index contributed by atoms with van der Waals surface area (Å²) >= 11 is 0. The first kappa shape index (κ1) is 21.4. The Bertz CT molecular complexity index is 1180. The van der Waals surface area contributed by atoms with Gasteiger partial charge in [0.05, 0.1) is 24.7 Å². The van der Waals surface area contributed by atoms with Crippen LogP contribution in [0.2, 0.25) is 0 Å². The van der Waals surface area contributed by atoms with Crippen molar-refractivity contribution >= 4 is 17.3 Å². The van der Waals surface area contributed by atoms with Crippen LogP contribution in [0.1, 0.15) is 16.7 Å². The Hall–Kier alpha value is -4.26. The van der Waals surface area contributed by atoms with Crippen molar-refractivity contribution in [1.82, 2.24) is 9.97 Å². The van der Waals surface area contributed by atoms with Crippen molar-refractivity contribution in [3.05, 3.63) is 75.1 Å². The number of methoxy groups -OCH3 is 2. The van der Waals surface area contributed by atoms with Gasteiger partial charge in [0.1, 0.15) is 11.3 Å². The van der Waals surface area contributed by atoms with Gasteiger partial charge in [0.15, 0.2) is 23.1 Å². The van der Waals surface area contributed by atoms with E-state index in [2.05, 4.69) is 27.1 Å². The third-order valence-corrected chi connectivity index (χ3v) is 4.24. The molecule has 0 fully saturated rings. The Morgan fingerprint density at radius 2 is 1.68 bits per heavy atom. The minimum atomic E-state index is -0.959. The predicted molar refractivity (Wildman–Crippen MR) is 109 cm³/mol. The van der Waals surface area contributed by atoms with Gasteiger partial charge in [-0.2, -0.15) is 0 Å². The lowest BCUT2D eigenvalue weighted by atomic mass is 10.1. The maximum absolute atomic E-state index is 14.4. The van der Waals surface area contributed by atoms with Crippen molar-refractivity contribution in [2.75, 3.05) is 19.5 Å². The van der Waals surface area contributed by atoms with E-state index >= 15 is 0 Å². The first-order valence-corrected chi connectivity index (χ1v) is 8.80. The molecule has 10 heteroatoms. The van der Waals surface area contributed by atoms with E-state index in [0.717, 1.165) is 6.07 Å². The van der Waals surface area contributed by atoms with Gasteiger partial charge in [-0.05, 0) is 12.5 Å². The fourth-order valence-corrected chi connectivity index (χ4v) is 2.67. The molecule has 0 saturated heterocycles. The average Bonchev–Trinajstić information content (AvgIpc) is 2.76. The summed E-state index contributed by atoms with van der Waals surface area (Å²) in [4.78, 5) is 18.8. The molecular weight excluding hydrogens is 410 g/mol. The normalized spacial score (nSPS) is 10.1. The molecule has 1 N–H and O–H groups in total. The second kappa shape index (κ2) is 9.04. The van der Waals surface area contributed by atoms with Crippen molar-refractivity contribution in [3.63, 3.8) is 0 Å². The molecule has 0 aliphatic heterocycles. The zero-order valence-electron chi connectivity index (χ0n) is 16.7. The van der Waals surface area contributed by atoms with Gasteiger partial charge in [0, 0.05) is 24.5 Å². The molecule has 31 heavy (non-hydrogen) atoms. The smallest absolute Gasteiger partial charge is 0.293 e. The molecular formula is C21H16F2N4O4. The standard InChI is InChI=1S/C21H16F2N4O4/c1-12-5-4-6-15(27(28)29)20(12)26-21-24-10-13(11-25-21)7-8-14-18(22)16(30-2)9-17(31-3)19(14)23/h4-6,9-11H,1-3H3,(H,24,25,26). The van der Waals surface area contributed by atoms with Gasteiger partial charge in [-0.1, -0.05) is 24.0 Å². The van der Waals surface area contributed by atoms with Crippen molar-refractivity contribution in [3.8, 4) is 23.3 Å². The summed E-state index contributed by atoms with van der Waals surface area (Å²) < 4.78 is 38.5. The molecule has 0 bridgehead atoms. The van der Waals surface area contributed by atoms with Gasteiger partial charge in [0.25, 0.3) is 5.69 Å². The Morgan fingerprint density at radius 3 is 2.23 bits per heavy atom. The topological polar surface area (TPSA) is 99.4 Å². The van der Waals surface area contributed by atoms with Crippen molar-refractivity contribution < 1.29 is 23.2 Å². The molecule has 0 unspecified atom stereocenters. The molecule has 3 aromatic rings. The van der Waals surface area contributed by atoms with Crippen LogP contribution in [0, 0.1) is 40.5 Å². The van der Waals surface area contributed by atoms with Crippen molar-refractivity contribution in [1.29, 1.82) is 0 Å². The molecule has 3 rings (SSSR count). The molecule has 0 spiro atoms. The molecule has 158 valence electrons. The molecule has 8 nitrogen and oxygen atoms in total. The Kier molecular flexibility index (Phi) is 6.26. The summed E-state index contributed by atoms with van der Waals surface area (Å²) in [5, 5.41) is 14.0. The van der Waals surface area contributed by atoms with Crippen LogP contribution >= 0.6 is 0 Å². The molecule has 0 radical (unpaired) electrons. The summed E-state index contributed by atoms with van der Waals surface area (Å²) in [5.41, 5.74) is 0.531. The monoisotopic (exact) mass is 426 g/mol. The molecule has 1 heterocycles. The first-order chi connectivity index (χ1) is 14.8. The second-order valence-corrected chi connectivity index (χ2v) is 6.18. The van der Waals surface area contributed by atoms with Crippen LogP contribution in [0.5, 0.6) is 11.5 Å². The lowest BCUT2D eigenvalue weighted by Crippen LogP contribution is -2.02. The number of aromatic nitrogens is 2. The number of nitro benzene ring substituents is 1. The van der Waals surface area contributed by atoms with Crippen LogP contribution in [0.3, 0.4) is 0 Å². The number of nitrogens with one attached hydrogen (secondary N) is 1. The van der Waals surface area contributed by atoms with E-state index in [1.807, 2.05) is 0 Å². The van der Waals surface area contributed by atoms with Crippen LogP contribution < -0.4 is 14.8 Å². The number of benzene rings is 2. The Morgan fingerprint density at radius 1 is 1.06 bits per heavy atom. The fraction of sp³-hybridized carbons (Fsp3) is 0.143. The third-order valence-electron chi connectivity index (χ3n) is 4.24. The second-order valence-electron chi connectivity index (χ2n) is 6.18. The van der Waals surface area contributed by atoms with Crippen molar-refractivity contribution in [2.45, 2.75) is 6.92 Å². The number of para-hydroxylation sites is 1. The van der Waals surface area contributed by atoms with E-state index in [9.17, 15) is 18.9 Å². The minimum absolute atomic E-state index is 0.100. The first-order valence-electron chi connectivity index (χ1n) is 8.80. The summed E-state index contributed by atoms with van der Waals surface area (Å²) in [5.74, 6) is 2.74. The molecule has 0 aliphatic rings. The van der Waals surface area contributed by atoms with Gasteiger partial charge in [0.2, 0.25) is 5.95 Å². The highest BCUT2D eigenvalue weighted by molar-refractivity contribution is 5.70. The maximum Gasteiger partial charge on any atom is 0.293 e. The number of aryl methyl sites for hydroxylation is 1. The quantitative estimate of drug-likeness (QED) is 0.372. The van der Waals surface area contributed by atoms with Gasteiger partial charge < -0.3 is 14.8 Å². The molecule has 0 saturated carbocycles. The fourth-order valence-electron chi connectivity index (χ4n) is 2.67. The van der Waals surface area contributed by atoms with Crippen LogP contribution in [0.4, 0.5) is 26.1 Å². The number of hydrogen-bond acceptors (Lipinski definition) is 7. The lowest BCUT2D eigenvalue weighted by Gasteiger charge is -2.09. The average molecular weight is 426 g/mol. The highest BCUT2D eigenvalue weighted by Gasteiger charge is 2.19. The summed E-state index contributed by atoms with van der Waals surface area (Å²) in [6.45, 7) is 1.71. The van der Waals surface area contributed by atoms with Crippen LogP contribution in [-0.2, 0) is 0 Å². The largest absolute Gasteiger partial charge is 0.493 e. The summed E-state index contributed by atoms with van der Waals surface area (Å²) in [6.07, 6.45) is 2.64. The summed E-state index contributed by atoms with van der Waals surface area (Å²) in [7, 11) is 2.48. The van der Waals surface area contributed by atoms with E-state index in [-0.39, 0.29) is 34.4 Å². The Balaban J connectivity index is 1.89. The Labute approximate surface area is 176 Å². The predicted octanol–water partition coefficient (Wildman–Crippen LogP) is 4.13. The molecule has 0 amide bonds. The number of rotatable bonds is 5. The number of nitro groups is 1. The zero-order valence-corrected chi connectivity index (χ0v) is 16.7. The van der Waals surface area contributed by atoms with E-state index in [1.54, 1.807) is 19.1 Å². The van der Waals surface area contributed by atoms with Crippen LogP contribution in [0.15, 0.2) is 36.7 Å². The molecule has 0 aliphatic carbocycles. The lowest BCUT2D eigenvalue weighted by molar-refractivity contribution is -0.384. The highest BCUT2D eigenvalue weighted by Crippen LogP contribution is 2.31. The number of anilines is 2. The van der Waals surface area contributed by atoms with Crippen molar-refractivity contribution in [2.24, 2.45) is 0 Å². The highest BCUT2D eigenvalue weighted by atomic mass is 19.1. The van der Waals surface area contributed by atoms with Gasteiger partial charge in [-0.25, -0.2) is 18.7 Å². The molecule has 2 aromatic carbocycles.